The first-order chi connectivity index (χ1) is 15.4. The standard InChI is InChI=1S/C23H25N3O5S/c1-4-13-31-18-11-9-16(10-12-18)24-20(27)14-19-21(28)26(2)23(32-19)25-17-7-5-15(6-8-17)22(29)30-3/h5-12,19H,4,13-14H2,1-3H3,(H,24,27)/t19-/m1/s1. The molecule has 3 rings (SSSR count). The fourth-order valence-corrected chi connectivity index (χ4v) is 4.09. The molecule has 1 aliphatic heterocycles. The minimum atomic E-state index is -0.555. The van der Waals surface area contributed by atoms with Crippen LogP contribution in [0.25, 0.3) is 0 Å². The number of nitrogens with zero attached hydrogens (tertiary/aromatic N) is 2. The van der Waals surface area contributed by atoms with Crippen LogP contribution in [0, 0.1) is 0 Å². The number of rotatable bonds is 8. The summed E-state index contributed by atoms with van der Waals surface area (Å²) >= 11 is 1.24. The number of methoxy groups -OCH3 is 1. The Bertz CT molecular complexity index is 1010. The number of hydrogen-bond acceptors (Lipinski definition) is 7. The van der Waals surface area contributed by atoms with Crippen molar-refractivity contribution in [1.82, 2.24) is 4.90 Å². The number of anilines is 1. The fraction of sp³-hybridized carbons (Fsp3) is 0.304. The van der Waals surface area contributed by atoms with Crippen molar-refractivity contribution < 1.29 is 23.9 Å². The maximum absolute atomic E-state index is 12.6. The second-order valence-electron chi connectivity index (χ2n) is 7.06. The highest BCUT2D eigenvalue weighted by atomic mass is 32.2. The van der Waals surface area contributed by atoms with Crippen LogP contribution in [0.3, 0.4) is 0 Å². The van der Waals surface area contributed by atoms with Gasteiger partial charge in [-0.1, -0.05) is 18.7 Å². The van der Waals surface area contributed by atoms with Gasteiger partial charge in [0.05, 0.1) is 25.0 Å². The van der Waals surface area contributed by atoms with Crippen LogP contribution in [0.1, 0.15) is 30.1 Å². The number of esters is 1. The van der Waals surface area contributed by atoms with Gasteiger partial charge in [-0.2, -0.15) is 0 Å². The minimum Gasteiger partial charge on any atom is -0.494 e. The van der Waals surface area contributed by atoms with Gasteiger partial charge in [0, 0.05) is 19.2 Å². The molecule has 2 aromatic rings. The number of carbonyl (C=O) groups excluding carboxylic acids is 3. The molecule has 32 heavy (non-hydrogen) atoms. The Morgan fingerprint density at radius 2 is 1.81 bits per heavy atom. The number of benzene rings is 2. The molecule has 0 unspecified atom stereocenters. The number of aliphatic imine (C=N–C) groups is 1. The van der Waals surface area contributed by atoms with Crippen molar-refractivity contribution in [3.05, 3.63) is 54.1 Å². The maximum atomic E-state index is 12.6. The van der Waals surface area contributed by atoms with E-state index in [4.69, 9.17) is 4.74 Å². The molecule has 9 heteroatoms. The van der Waals surface area contributed by atoms with E-state index in [-0.39, 0.29) is 18.2 Å². The van der Waals surface area contributed by atoms with Gasteiger partial charge in [0.15, 0.2) is 5.17 Å². The lowest BCUT2D eigenvalue weighted by Crippen LogP contribution is -2.30. The maximum Gasteiger partial charge on any atom is 0.337 e. The van der Waals surface area contributed by atoms with Crippen molar-refractivity contribution in [2.75, 3.05) is 26.1 Å². The highest BCUT2D eigenvalue weighted by molar-refractivity contribution is 8.15. The average molecular weight is 456 g/mol. The summed E-state index contributed by atoms with van der Waals surface area (Å²) in [6.45, 7) is 2.67. The molecule has 0 aliphatic carbocycles. The molecule has 2 amide bonds. The van der Waals surface area contributed by atoms with E-state index in [1.54, 1.807) is 55.6 Å². The highest BCUT2D eigenvalue weighted by Gasteiger charge is 2.37. The van der Waals surface area contributed by atoms with Crippen molar-refractivity contribution in [3.63, 3.8) is 0 Å². The molecule has 0 bridgehead atoms. The van der Waals surface area contributed by atoms with Gasteiger partial charge in [-0.3, -0.25) is 14.5 Å². The molecule has 1 N–H and O–H groups in total. The van der Waals surface area contributed by atoms with Crippen LogP contribution in [-0.4, -0.2) is 53.9 Å². The summed E-state index contributed by atoms with van der Waals surface area (Å²) in [5, 5.41) is 2.75. The van der Waals surface area contributed by atoms with Gasteiger partial charge in [0.1, 0.15) is 11.0 Å². The van der Waals surface area contributed by atoms with E-state index in [2.05, 4.69) is 15.0 Å². The van der Waals surface area contributed by atoms with E-state index in [0.29, 0.717) is 28.7 Å². The van der Waals surface area contributed by atoms with Gasteiger partial charge < -0.3 is 14.8 Å². The Kier molecular flexibility index (Phi) is 7.88. The summed E-state index contributed by atoms with van der Waals surface area (Å²) in [5.41, 5.74) is 1.65. The zero-order valence-electron chi connectivity index (χ0n) is 18.2. The topological polar surface area (TPSA) is 97.3 Å². The van der Waals surface area contributed by atoms with E-state index in [9.17, 15) is 14.4 Å². The summed E-state index contributed by atoms with van der Waals surface area (Å²) in [5.74, 6) is -0.122. The number of hydrogen-bond donors (Lipinski definition) is 1. The average Bonchev–Trinajstić information content (AvgIpc) is 3.06. The van der Waals surface area contributed by atoms with Crippen LogP contribution in [0.2, 0.25) is 0 Å². The number of nitrogens with one attached hydrogen (secondary N) is 1. The fourth-order valence-electron chi connectivity index (χ4n) is 2.93. The molecule has 0 radical (unpaired) electrons. The summed E-state index contributed by atoms with van der Waals surface area (Å²) < 4.78 is 10.2. The van der Waals surface area contributed by atoms with Crippen molar-refractivity contribution in [2.24, 2.45) is 4.99 Å². The van der Waals surface area contributed by atoms with Gasteiger partial charge in [-0.05, 0) is 55.0 Å². The molecule has 1 atom stereocenters. The number of carbonyl (C=O) groups is 3. The first-order valence-electron chi connectivity index (χ1n) is 10.1. The number of thioether (sulfide) groups is 1. The van der Waals surface area contributed by atoms with Crippen LogP contribution in [0.5, 0.6) is 5.75 Å². The van der Waals surface area contributed by atoms with Crippen molar-refractivity contribution >= 4 is 46.1 Å². The van der Waals surface area contributed by atoms with Gasteiger partial charge in [0.25, 0.3) is 0 Å². The number of amides is 2. The zero-order chi connectivity index (χ0) is 23.1. The van der Waals surface area contributed by atoms with Crippen molar-refractivity contribution in [2.45, 2.75) is 25.0 Å². The number of ether oxygens (including phenoxy) is 2. The van der Waals surface area contributed by atoms with Gasteiger partial charge in [0.2, 0.25) is 11.8 Å². The second-order valence-corrected chi connectivity index (χ2v) is 8.23. The lowest BCUT2D eigenvalue weighted by Gasteiger charge is -2.10. The molecule has 0 spiro atoms. The Labute approximate surface area is 191 Å². The van der Waals surface area contributed by atoms with E-state index >= 15 is 0 Å². The van der Waals surface area contributed by atoms with Gasteiger partial charge >= 0.3 is 5.97 Å². The van der Waals surface area contributed by atoms with Gasteiger partial charge in [-0.25, -0.2) is 9.79 Å². The normalized spacial score (nSPS) is 16.8. The molecule has 2 aromatic carbocycles. The van der Waals surface area contributed by atoms with E-state index in [0.717, 1.165) is 12.2 Å². The quantitative estimate of drug-likeness (QED) is 0.607. The second kappa shape index (κ2) is 10.8. The molecular weight excluding hydrogens is 430 g/mol. The van der Waals surface area contributed by atoms with Crippen LogP contribution < -0.4 is 10.1 Å². The highest BCUT2D eigenvalue weighted by Crippen LogP contribution is 2.31. The Morgan fingerprint density at radius 1 is 1.12 bits per heavy atom. The monoisotopic (exact) mass is 455 g/mol. The van der Waals surface area contributed by atoms with E-state index in [1.165, 1.54) is 23.8 Å². The minimum absolute atomic E-state index is 0.0300. The van der Waals surface area contributed by atoms with Crippen molar-refractivity contribution in [1.29, 1.82) is 0 Å². The molecule has 1 saturated heterocycles. The molecule has 8 nitrogen and oxygen atoms in total. The smallest absolute Gasteiger partial charge is 0.337 e. The largest absolute Gasteiger partial charge is 0.494 e. The van der Waals surface area contributed by atoms with Gasteiger partial charge in [-0.15, -0.1) is 0 Å². The van der Waals surface area contributed by atoms with Crippen LogP contribution in [-0.2, 0) is 14.3 Å². The third-order valence-electron chi connectivity index (χ3n) is 4.64. The third kappa shape index (κ3) is 5.88. The molecule has 168 valence electrons. The molecular formula is C23H25N3O5S. The molecule has 1 heterocycles. The Hall–Kier alpha value is -3.33. The summed E-state index contributed by atoms with van der Waals surface area (Å²) in [6, 6.07) is 13.7. The lowest BCUT2D eigenvalue weighted by molar-refractivity contribution is -0.127. The molecule has 1 aliphatic rings. The Morgan fingerprint density at radius 3 is 2.44 bits per heavy atom. The first kappa shape index (κ1) is 23.3. The lowest BCUT2D eigenvalue weighted by atomic mass is 10.2. The zero-order valence-corrected chi connectivity index (χ0v) is 19.0. The SMILES string of the molecule is CCCOc1ccc(NC(=O)C[C@H]2SC(=Nc3ccc(C(=O)OC)cc3)N(C)C2=O)cc1. The van der Waals surface area contributed by atoms with Crippen LogP contribution in [0.15, 0.2) is 53.5 Å². The number of amidine groups is 1. The molecule has 1 fully saturated rings. The third-order valence-corrected chi connectivity index (χ3v) is 5.86. The van der Waals surface area contributed by atoms with Crippen LogP contribution >= 0.6 is 11.8 Å². The summed E-state index contributed by atoms with van der Waals surface area (Å²) in [7, 11) is 2.95. The summed E-state index contributed by atoms with van der Waals surface area (Å²) in [4.78, 5) is 42.5. The Balaban J connectivity index is 1.59. The molecule has 0 saturated carbocycles. The van der Waals surface area contributed by atoms with Crippen molar-refractivity contribution in [3.8, 4) is 5.75 Å². The first-order valence-corrected chi connectivity index (χ1v) is 11.0. The summed E-state index contributed by atoms with van der Waals surface area (Å²) in [6.07, 6.45) is 0.951. The van der Waals surface area contributed by atoms with E-state index in [1.807, 2.05) is 6.92 Å². The predicted molar refractivity (Wildman–Crippen MR) is 125 cm³/mol. The predicted octanol–water partition coefficient (Wildman–Crippen LogP) is 3.85. The van der Waals surface area contributed by atoms with E-state index < -0.39 is 11.2 Å². The van der Waals surface area contributed by atoms with Crippen LogP contribution in [0.4, 0.5) is 11.4 Å². The molecule has 0 aromatic heterocycles.